The van der Waals surface area contributed by atoms with Gasteiger partial charge in [-0.25, -0.2) is 0 Å². The van der Waals surface area contributed by atoms with Crippen molar-refractivity contribution in [3.8, 4) is 0 Å². The van der Waals surface area contributed by atoms with E-state index in [0.29, 0.717) is 6.54 Å². The summed E-state index contributed by atoms with van der Waals surface area (Å²) in [4.78, 5) is 14.3. The van der Waals surface area contributed by atoms with Crippen LogP contribution in [0.15, 0.2) is 36.4 Å². The Morgan fingerprint density at radius 3 is 2.65 bits per heavy atom. The molecule has 0 saturated carbocycles. The zero-order chi connectivity index (χ0) is 12.3. The minimum Gasteiger partial charge on any atom is -0.330 e. The molecule has 0 aliphatic heterocycles. The molecule has 2 nitrogen and oxygen atoms in total. The van der Waals surface area contributed by atoms with Crippen LogP contribution >= 0.6 is 11.3 Å². The van der Waals surface area contributed by atoms with E-state index in [1.807, 2.05) is 43.3 Å². The molecule has 0 radical (unpaired) electrons. The van der Waals surface area contributed by atoms with E-state index in [1.165, 1.54) is 11.3 Å². The smallest absolute Gasteiger partial charge is 0.203 e. The number of carbonyl (C=O) groups is 1. The number of aryl methyl sites for hydroxylation is 1. The first-order valence-electron chi connectivity index (χ1n) is 5.61. The van der Waals surface area contributed by atoms with Crippen molar-refractivity contribution in [2.24, 2.45) is 5.73 Å². The molecule has 0 bridgehead atoms. The summed E-state index contributed by atoms with van der Waals surface area (Å²) in [5, 5.41) is 0. The van der Waals surface area contributed by atoms with Gasteiger partial charge in [0, 0.05) is 10.4 Å². The Hall–Kier alpha value is -1.45. The molecule has 0 aliphatic rings. The Labute approximate surface area is 105 Å². The van der Waals surface area contributed by atoms with Crippen LogP contribution in [0.2, 0.25) is 0 Å². The highest BCUT2D eigenvalue weighted by molar-refractivity contribution is 7.14. The molecule has 0 saturated heterocycles. The van der Waals surface area contributed by atoms with Gasteiger partial charge in [-0.15, -0.1) is 11.3 Å². The second kappa shape index (κ2) is 5.25. The molecule has 2 aromatic rings. The summed E-state index contributed by atoms with van der Waals surface area (Å²) in [6.45, 7) is 2.57. The van der Waals surface area contributed by atoms with Gasteiger partial charge in [-0.05, 0) is 37.6 Å². The molecule has 17 heavy (non-hydrogen) atoms. The Kier molecular flexibility index (Phi) is 3.71. The van der Waals surface area contributed by atoms with E-state index >= 15 is 0 Å². The monoisotopic (exact) mass is 245 g/mol. The van der Waals surface area contributed by atoms with Gasteiger partial charge in [0.05, 0.1) is 4.88 Å². The molecule has 0 fully saturated rings. The minimum absolute atomic E-state index is 0.104. The van der Waals surface area contributed by atoms with Crippen LogP contribution in [-0.4, -0.2) is 12.3 Å². The first-order chi connectivity index (χ1) is 8.22. The third kappa shape index (κ3) is 2.62. The second-order valence-electron chi connectivity index (χ2n) is 3.94. The molecule has 2 N–H and O–H groups in total. The molecule has 0 atom stereocenters. The molecule has 0 aliphatic carbocycles. The van der Waals surface area contributed by atoms with Crippen LogP contribution in [0, 0.1) is 6.92 Å². The first kappa shape index (κ1) is 12.0. The minimum atomic E-state index is 0.104. The highest BCUT2D eigenvalue weighted by Crippen LogP contribution is 2.21. The summed E-state index contributed by atoms with van der Waals surface area (Å²) in [7, 11) is 0. The Balaban J connectivity index is 2.36. The van der Waals surface area contributed by atoms with E-state index in [0.717, 1.165) is 27.3 Å². The van der Waals surface area contributed by atoms with Gasteiger partial charge in [-0.1, -0.05) is 24.3 Å². The number of benzene rings is 1. The fourth-order valence-electron chi connectivity index (χ4n) is 1.80. The van der Waals surface area contributed by atoms with Gasteiger partial charge < -0.3 is 5.73 Å². The van der Waals surface area contributed by atoms with Crippen molar-refractivity contribution in [1.29, 1.82) is 0 Å². The van der Waals surface area contributed by atoms with Crippen LogP contribution < -0.4 is 5.73 Å². The van der Waals surface area contributed by atoms with Crippen molar-refractivity contribution in [3.05, 3.63) is 57.3 Å². The normalized spacial score (nSPS) is 10.5. The van der Waals surface area contributed by atoms with E-state index in [1.54, 1.807) is 0 Å². The molecule has 0 spiro atoms. The highest BCUT2D eigenvalue weighted by Gasteiger charge is 2.14. The van der Waals surface area contributed by atoms with Crippen LogP contribution in [0.1, 0.15) is 25.7 Å². The highest BCUT2D eigenvalue weighted by atomic mass is 32.1. The summed E-state index contributed by atoms with van der Waals surface area (Å²) in [5.74, 6) is 0.104. The number of hydrogen-bond donors (Lipinski definition) is 1. The summed E-state index contributed by atoms with van der Waals surface area (Å²) < 4.78 is 0. The van der Waals surface area contributed by atoms with Crippen LogP contribution in [0.3, 0.4) is 0 Å². The first-order valence-corrected chi connectivity index (χ1v) is 6.43. The van der Waals surface area contributed by atoms with Gasteiger partial charge >= 0.3 is 0 Å². The average Bonchev–Trinajstić information content (AvgIpc) is 2.76. The van der Waals surface area contributed by atoms with Crippen molar-refractivity contribution < 1.29 is 4.79 Å². The third-order valence-electron chi connectivity index (χ3n) is 2.64. The SMILES string of the molecule is Cc1ccc(C(=O)c2ccccc2CCN)s1. The molecule has 1 aromatic heterocycles. The largest absolute Gasteiger partial charge is 0.330 e. The fourth-order valence-corrected chi connectivity index (χ4v) is 2.63. The van der Waals surface area contributed by atoms with Gasteiger partial charge in [-0.2, -0.15) is 0 Å². The van der Waals surface area contributed by atoms with Crippen molar-refractivity contribution in [2.45, 2.75) is 13.3 Å². The maximum Gasteiger partial charge on any atom is 0.203 e. The summed E-state index contributed by atoms with van der Waals surface area (Å²) in [6.07, 6.45) is 0.742. The van der Waals surface area contributed by atoms with E-state index in [9.17, 15) is 4.79 Å². The number of hydrogen-bond acceptors (Lipinski definition) is 3. The molecule has 88 valence electrons. The van der Waals surface area contributed by atoms with Gasteiger partial charge in [-0.3, -0.25) is 4.79 Å². The maximum atomic E-state index is 12.3. The average molecular weight is 245 g/mol. The van der Waals surface area contributed by atoms with Crippen molar-refractivity contribution >= 4 is 17.1 Å². The predicted molar refractivity (Wildman–Crippen MR) is 71.7 cm³/mol. The van der Waals surface area contributed by atoms with E-state index in [2.05, 4.69) is 0 Å². The number of ketones is 1. The number of rotatable bonds is 4. The molecule has 1 heterocycles. The van der Waals surface area contributed by atoms with Gasteiger partial charge in [0.2, 0.25) is 5.78 Å². The zero-order valence-electron chi connectivity index (χ0n) is 9.77. The molecular formula is C14H15NOS. The molecule has 2 rings (SSSR count). The number of nitrogens with two attached hydrogens (primary N) is 1. The summed E-state index contributed by atoms with van der Waals surface area (Å²) in [6, 6.07) is 11.6. The summed E-state index contributed by atoms with van der Waals surface area (Å²) >= 11 is 1.54. The molecule has 3 heteroatoms. The second-order valence-corrected chi connectivity index (χ2v) is 5.22. The van der Waals surface area contributed by atoms with Crippen molar-refractivity contribution in [3.63, 3.8) is 0 Å². The maximum absolute atomic E-state index is 12.3. The van der Waals surface area contributed by atoms with Gasteiger partial charge in [0.25, 0.3) is 0 Å². The molecular weight excluding hydrogens is 230 g/mol. The number of thiophene rings is 1. The Morgan fingerprint density at radius 1 is 1.24 bits per heavy atom. The predicted octanol–water partition coefficient (Wildman–Crippen LogP) is 2.79. The Bertz CT molecular complexity index is 531. The molecule has 0 amide bonds. The lowest BCUT2D eigenvalue weighted by Gasteiger charge is -2.06. The van der Waals surface area contributed by atoms with E-state index in [4.69, 9.17) is 5.73 Å². The third-order valence-corrected chi connectivity index (χ3v) is 3.64. The van der Waals surface area contributed by atoms with Crippen LogP contribution in [0.25, 0.3) is 0 Å². The van der Waals surface area contributed by atoms with Crippen LogP contribution in [-0.2, 0) is 6.42 Å². The van der Waals surface area contributed by atoms with E-state index < -0.39 is 0 Å². The quantitative estimate of drug-likeness (QED) is 0.842. The lowest BCUT2D eigenvalue weighted by molar-refractivity contribution is 0.104. The standard InChI is InChI=1S/C14H15NOS/c1-10-6-7-13(17-10)14(16)12-5-3-2-4-11(12)8-9-15/h2-7H,8-9,15H2,1H3. The topological polar surface area (TPSA) is 43.1 Å². The van der Waals surface area contributed by atoms with Crippen LogP contribution in [0.5, 0.6) is 0 Å². The molecule has 1 aromatic carbocycles. The molecule has 0 unspecified atom stereocenters. The van der Waals surface area contributed by atoms with Crippen molar-refractivity contribution in [2.75, 3.05) is 6.54 Å². The zero-order valence-corrected chi connectivity index (χ0v) is 10.6. The van der Waals surface area contributed by atoms with E-state index in [-0.39, 0.29) is 5.78 Å². The number of carbonyl (C=O) groups excluding carboxylic acids is 1. The lowest BCUT2D eigenvalue weighted by atomic mass is 10.0. The fraction of sp³-hybridized carbons (Fsp3) is 0.214. The van der Waals surface area contributed by atoms with Gasteiger partial charge in [0.15, 0.2) is 0 Å². The lowest BCUT2D eigenvalue weighted by Crippen LogP contribution is -2.09. The van der Waals surface area contributed by atoms with Crippen LogP contribution in [0.4, 0.5) is 0 Å². The van der Waals surface area contributed by atoms with Crippen molar-refractivity contribution in [1.82, 2.24) is 0 Å². The van der Waals surface area contributed by atoms with Gasteiger partial charge in [0.1, 0.15) is 0 Å². The Morgan fingerprint density at radius 2 is 2.00 bits per heavy atom. The summed E-state index contributed by atoms with van der Waals surface area (Å²) in [5.41, 5.74) is 7.37.